The van der Waals surface area contributed by atoms with E-state index in [1.165, 1.54) is 0 Å². The smallest absolute Gasteiger partial charge is 0.296 e. The van der Waals surface area contributed by atoms with Crippen molar-refractivity contribution in [2.24, 2.45) is 10.2 Å². The highest BCUT2D eigenvalue weighted by Crippen LogP contribution is 2.41. The van der Waals surface area contributed by atoms with Crippen molar-refractivity contribution in [3.05, 3.63) is 58.1 Å². The Labute approximate surface area is 159 Å². The fraction of sp³-hybridized carbons (Fsp3) is 0.381. The van der Waals surface area contributed by atoms with E-state index in [9.17, 15) is 9.90 Å². The minimum absolute atomic E-state index is 0.265. The summed E-state index contributed by atoms with van der Waals surface area (Å²) in [6, 6.07) is 10.3. The van der Waals surface area contributed by atoms with Crippen LogP contribution in [0.3, 0.4) is 0 Å². The van der Waals surface area contributed by atoms with Crippen molar-refractivity contribution in [1.82, 2.24) is 0 Å². The zero-order valence-corrected chi connectivity index (χ0v) is 16.8. The van der Waals surface area contributed by atoms with Crippen LogP contribution in [-0.2, 0) is 10.8 Å². The van der Waals surface area contributed by atoms with E-state index in [2.05, 4.69) is 10.2 Å². The van der Waals surface area contributed by atoms with Gasteiger partial charge in [-0.2, -0.15) is 0 Å². The highest BCUT2D eigenvalue weighted by molar-refractivity contribution is 6.33. The first-order chi connectivity index (χ1) is 11.9. The molecular formula is C21H25ClN2O2. The molecule has 4 nitrogen and oxygen atoms in total. The van der Waals surface area contributed by atoms with Crippen LogP contribution in [0.15, 0.2) is 46.6 Å². The molecule has 0 aliphatic carbocycles. The van der Waals surface area contributed by atoms with Crippen molar-refractivity contribution < 1.29 is 9.90 Å². The largest absolute Gasteiger partial charge is 0.507 e. The molecule has 0 heterocycles. The molecule has 2 aromatic rings. The third kappa shape index (κ3) is 4.50. The van der Waals surface area contributed by atoms with Crippen LogP contribution in [0.25, 0.3) is 0 Å². The van der Waals surface area contributed by atoms with Gasteiger partial charge in [-0.15, -0.1) is 10.2 Å². The van der Waals surface area contributed by atoms with Gasteiger partial charge in [-0.05, 0) is 35.1 Å². The molecule has 1 amide bonds. The second kappa shape index (κ2) is 7.20. The lowest BCUT2D eigenvalue weighted by atomic mass is 9.79. The minimum atomic E-state index is -0.502. The molecule has 0 aromatic heterocycles. The van der Waals surface area contributed by atoms with Gasteiger partial charge in [-0.3, -0.25) is 4.79 Å². The predicted molar refractivity (Wildman–Crippen MR) is 106 cm³/mol. The number of benzene rings is 2. The molecule has 0 saturated carbocycles. The van der Waals surface area contributed by atoms with Gasteiger partial charge in [0.05, 0.1) is 16.3 Å². The molecule has 0 aliphatic heterocycles. The molecular weight excluding hydrogens is 348 g/mol. The fourth-order valence-corrected chi connectivity index (χ4v) is 2.83. The van der Waals surface area contributed by atoms with Gasteiger partial charge in [-0.1, -0.05) is 65.3 Å². The molecule has 26 heavy (non-hydrogen) atoms. The predicted octanol–water partition coefficient (Wildman–Crippen LogP) is 6.56. The lowest BCUT2D eigenvalue weighted by Crippen LogP contribution is -2.16. The molecule has 2 rings (SSSR count). The topological polar surface area (TPSA) is 62.0 Å². The highest BCUT2D eigenvalue weighted by Gasteiger charge is 2.26. The van der Waals surface area contributed by atoms with Crippen LogP contribution in [0.2, 0.25) is 5.02 Å². The van der Waals surface area contributed by atoms with Gasteiger partial charge in [-0.25, -0.2) is 0 Å². The van der Waals surface area contributed by atoms with Crippen LogP contribution < -0.4 is 0 Å². The second-order valence-corrected chi connectivity index (χ2v) is 8.78. The Bertz CT molecular complexity index is 824. The molecule has 0 aliphatic rings. The normalized spacial score (nSPS) is 12.6. The summed E-state index contributed by atoms with van der Waals surface area (Å²) in [5, 5.41) is 19.0. The number of hydrogen-bond donors (Lipinski definition) is 1. The molecule has 5 heteroatoms. The van der Waals surface area contributed by atoms with E-state index >= 15 is 0 Å². The Morgan fingerprint density at radius 2 is 1.46 bits per heavy atom. The summed E-state index contributed by atoms with van der Waals surface area (Å²) in [5.74, 6) is -0.236. The van der Waals surface area contributed by atoms with Crippen LogP contribution in [0.4, 0.5) is 5.69 Å². The van der Waals surface area contributed by atoms with Crippen LogP contribution in [0.1, 0.15) is 63.0 Å². The third-order valence-corrected chi connectivity index (χ3v) is 4.40. The van der Waals surface area contributed by atoms with Crippen molar-refractivity contribution in [2.75, 3.05) is 0 Å². The molecule has 0 spiro atoms. The Balaban J connectivity index is 2.50. The van der Waals surface area contributed by atoms with E-state index in [0.717, 1.165) is 11.1 Å². The molecule has 0 unspecified atom stereocenters. The molecule has 0 bridgehead atoms. The first kappa shape index (κ1) is 20.1. The average Bonchev–Trinajstić information content (AvgIpc) is 2.51. The zero-order chi connectivity index (χ0) is 19.7. The first-order valence-electron chi connectivity index (χ1n) is 8.50. The molecule has 0 atom stereocenters. The fourth-order valence-electron chi connectivity index (χ4n) is 2.61. The van der Waals surface area contributed by atoms with E-state index in [1.807, 2.05) is 41.5 Å². The number of phenols is 1. The minimum Gasteiger partial charge on any atom is -0.507 e. The lowest BCUT2D eigenvalue weighted by molar-refractivity contribution is 0.0995. The van der Waals surface area contributed by atoms with Crippen LogP contribution in [-0.4, -0.2) is 11.0 Å². The molecule has 138 valence electrons. The monoisotopic (exact) mass is 372 g/mol. The van der Waals surface area contributed by atoms with Gasteiger partial charge in [0.25, 0.3) is 5.91 Å². The highest BCUT2D eigenvalue weighted by atomic mass is 35.5. The Morgan fingerprint density at radius 1 is 0.962 bits per heavy atom. The average molecular weight is 373 g/mol. The second-order valence-electron chi connectivity index (χ2n) is 8.37. The maximum Gasteiger partial charge on any atom is 0.296 e. The van der Waals surface area contributed by atoms with Crippen LogP contribution in [0, 0.1) is 0 Å². The Kier molecular flexibility index (Phi) is 5.57. The Morgan fingerprint density at radius 3 is 1.92 bits per heavy atom. The van der Waals surface area contributed by atoms with Gasteiger partial charge in [0, 0.05) is 11.1 Å². The quantitative estimate of drug-likeness (QED) is 0.606. The van der Waals surface area contributed by atoms with Crippen molar-refractivity contribution in [3.8, 4) is 5.75 Å². The number of rotatable bonds is 2. The van der Waals surface area contributed by atoms with E-state index < -0.39 is 5.91 Å². The third-order valence-electron chi connectivity index (χ3n) is 4.07. The summed E-state index contributed by atoms with van der Waals surface area (Å²) < 4.78 is 0. The summed E-state index contributed by atoms with van der Waals surface area (Å²) in [6.07, 6.45) is 0. The van der Waals surface area contributed by atoms with Crippen molar-refractivity contribution in [1.29, 1.82) is 0 Å². The van der Waals surface area contributed by atoms with Gasteiger partial charge in [0.1, 0.15) is 5.75 Å². The van der Waals surface area contributed by atoms with Crippen LogP contribution in [0.5, 0.6) is 5.75 Å². The summed E-state index contributed by atoms with van der Waals surface area (Å²) in [5.41, 5.74) is 1.82. The van der Waals surface area contributed by atoms with Gasteiger partial charge >= 0.3 is 0 Å². The number of carbonyl (C=O) groups is 1. The van der Waals surface area contributed by atoms with E-state index in [1.54, 1.807) is 36.4 Å². The zero-order valence-electron chi connectivity index (χ0n) is 16.1. The first-order valence-corrected chi connectivity index (χ1v) is 8.87. The summed E-state index contributed by atoms with van der Waals surface area (Å²) >= 11 is 6.04. The number of amides is 1. The number of halogens is 1. The number of hydrogen-bond acceptors (Lipinski definition) is 3. The standard InChI is InChI=1S/C21H25ClN2O2/c1-20(2,3)15-11-13(12-16(18(15)25)21(4,5)6)23-24-19(26)14-9-7-8-10-17(14)22/h7-12,25H,1-6H3. The molecule has 1 N–H and O–H groups in total. The number of azo groups is 1. The van der Waals surface area contributed by atoms with Gasteiger partial charge < -0.3 is 5.11 Å². The summed E-state index contributed by atoms with van der Waals surface area (Å²) in [4.78, 5) is 12.3. The number of phenolic OH excluding ortho intramolecular Hbond substituents is 1. The lowest BCUT2D eigenvalue weighted by Gasteiger charge is -2.27. The molecule has 0 fully saturated rings. The molecule has 2 aromatic carbocycles. The van der Waals surface area contributed by atoms with E-state index in [0.29, 0.717) is 16.3 Å². The van der Waals surface area contributed by atoms with Gasteiger partial charge in [0.15, 0.2) is 0 Å². The number of carbonyl (C=O) groups excluding carboxylic acids is 1. The van der Waals surface area contributed by atoms with E-state index in [4.69, 9.17) is 11.6 Å². The molecule has 0 radical (unpaired) electrons. The summed E-state index contributed by atoms with van der Waals surface area (Å²) in [7, 11) is 0. The Hall–Kier alpha value is -2.20. The van der Waals surface area contributed by atoms with Crippen molar-refractivity contribution in [3.63, 3.8) is 0 Å². The van der Waals surface area contributed by atoms with Gasteiger partial charge in [0.2, 0.25) is 0 Å². The number of nitrogens with zero attached hydrogens (tertiary/aromatic N) is 2. The maximum absolute atomic E-state index is 12.3. The SMILES string of the molecule is CC(C)(C)c1cc(N=NC(=O)c2ccccc2Cl)cc(C(C)(C)C)c1O. The van der Waals surface area contributed by atoms with Crippen molar-refractivity contribution >= 4 is 23.2 Å². The van der Waals surface area contributed by atoms with Crippen LogP contribution >= 0.6 is 11.6 Å². The maximum atomic E-state index is 12.3. The number of aromatic hydroxyl groups is 1. The van der Waals surface area contributed by atoms with Crippen molar-refractivity contribution in [2.45, 2.75) is 52.4 Å². The van der Waals surface area contributed by atoms with E-state index in [-0.39, 0.29) is 16.6 Å². The molecule has 0 saturated heterocycles. The summed E-state index contributed by atoms with van der Waals surface area (Å²) in [6.45, 7) is 12.1.